The van der Waals surface area contributed by atoms with Crippen LogP contribution in [0.4, 0.5) is 5.69 Å². The summed E-state index contributed by atoms with van der Waals surface area (Å²) in [4.78, 5) is 13.5. The Labute approximate surface area is 110 Å². The van der Waals surface area contributed by atoms with E-state index in [9.17, 15) is 4.79 Å². The van der Waals surface area contributed by atoms with Gasteiger partial charge in [-0.25, -0.2) is 5.10 Å². The molecule has 0 spiro atoms. The van der Waals surface area contributed by atoms with E-state index in [4.69, 9.17) is 16.3 Å². The van der Waals surface area contributed by atoms with Crippen LogP contribution >= 0.6 is 11.6 Å². The summed E-state index contributed by atoms with van der Waals surface area (Å²) in [5, 5.41) is 9.31. The van der Waals surface area contributed by atoms with Crippen molar-refractivity contribution in [3.05, 3.63) is 21.6 Å². The molecule has 1 saturated heterocycles. The van der Waals surface area contributed by atoms with Crippen molar-refractivity contribution in [1.29, 1.82) is 0 Å². The first-order chi connectivity index (χ1) is 8.58. The Morgan fingerprint density at radius 1 is 1.72 bits per heavy atom. The molecule has 2 atom stereocenters. The minimum Gasteiger partial charge on any atom is -0.377 e. The maximum absolute atomic E-state index is 11.3. The lowest BCUT2D eigenvalue weighted by Crippen LogP contribution is -2.47. The maximum Gasteiger partial charge on any atom is 0.285 e. The molecule has 6 nitrogen and oxygen atoms in total. The van der Waals surface area contributed by atoms with E-state index in [-0.39, 0.29) is 17.2 Å². The number of nitrogens with one attached hydrogen (secondary N) is 2. The normalized spacial score (nSPS) is 22.7. The predicted octanol–water partition coefficient (Wildman–Crippen LogP) is 0.554. The van der Waals surface area contributed by atoms with E-state index >= 15 is 0 Å². The summed E-state index contributed by atoms with van der Waals surface area (Å²) in [5.74, 6) is 0. The summed E-state index contributed by atoms with van der Waals surface area (Å²) in [6.07, 6.45) is 1.58. The summed E-state index contributed by atoms with van der Waals surface area (Å²) < 4.78 is 5.70. The van der Waals surface area contributed by atoms with Gasteiger partial charge in [-0.15, -0.1) is 0 Å². The standard InChI is InChI=1S/C11H17ClN4O2/c1-7(9-6-16(2)3-4-18-9)14-8-5-13-15-11(17)10(8)12/h5,7,9H,3-4,6H2,1-2H3,(H2,14,15,17). The maximum atomic E-state index is 11.3. The number of hydrogen-bond acceptors (Lipinski definition) is 5. The van der Waals surface area contributed by atoms with Gasteiger partial charge in [0, 0.05) is 13.1 Å². The van der Waals surface area contributed by atoms with E-state index in [2.05, 4.69) is 27.5 Å². The summed E-state index contributed by atoms with van der Waals surface area (Å²) in [6, 6.07) is 0.0499. The van der Waals surface area contributed by atoms with E-state index < -0.39 is 5.56 Å². The van der Waals surface area contributed by atoms with Crippen LogP contribution in [-0.4, -0.2) is 54.0 Å². The first-order valence-electron chi connectivity index (χ1n) is 5.88. The third-order valence-corrected chi connectivity index (χ3v) is 3.41. The molecule has 0 radical (unpaired) electrons. The van der Waals surface area contributed by atoms with Crippen LogP contribution in [0.25, 0.3) is 0 Å². The van der Waals surface area contributed by atoms with Gasteiger partial charge in [0.1, 0.15) is 5.02 Å². The molecule has 0 bridgehead atoms. The lowest BCUT2D eigenvalue weighted by atomic mass is 10.1. The Balaban J connectivity index is 2.04. The van der Waals surface area contributed by atoms with E-state index in [1.54, 1.807) is 0 Å². The van der Waals surface area contributed by atoms with Crippen molar-refractivity contribution in [2.24, 2.45) is 0 Å². The summed E-state index contributed by atoms with van der Waals surface area (Å²) in [7, 11) is 2.06. The summed E-state index contributed by atoms with van der Waals surface area (Å²) in [6.45, 7) is 4.51. The second kappa shape index (κ2) is 5.69. The zero-order valence-corrected chi connectivity index (χ0v) is 11.2. The number of H-pyrrole nitrogens is 1. The summed E-state index contributed by atoms with van der Waals surface area (Å²) in [5.41, 5.74) is 0.139. The van der Waals surface area contributed by atoms with Crippen LogP contribution in [0.5, 0.6) is 0 Å². The van der Waals surface area contributed by atoms with Crippen LogP contribution in [-0.2, 0) is 4.74 Å². The Hall–Kier alpha value is -1.11. The second-order valence-corrected chi connectivity index (χ2v) is 4.91. The fraction of sp³-hybridized carbons (Fsp3) is 0.636. The molecule has 1 aliphatic heterocycles. The molecule has 0 aliphatic carbocycles. The Bertz CT molecular complexity index is 465. The second-order valence-electron chi connectivity index (χ2n) is 4.53. The Morgan fingerprint density at radius 2 is 2.50 bits per heavy atom. The van der Waals surface area contributed by atoms with Crippen molar-refractivity contribution >= 4 is 17.3 Å². The largest absolute Gasteiger partial charge is 0.377 e. The van der Waals surface area contributed by atoms with Gasteiger partial charge >= 0.3 is 0 Å². The number of anilines is 1. The van der Waals surface area contributed by atoms with Gasteiger partial charge in [-0.3, -0.25) is 4.79 Å². The molecule has 18 heavy (non-hydrogen) atoms. The lowest BCUT2D eigenvalue weighted by Gasteiger charge is -2.34. The van der Waals surface area contributed by atoms with Gasteiger partial charge in [-0.05, 0) is 14.0 Å². The number of nitrogens with zero attached hydrogens (tertiary/aromatic N) is 2. The first kappa shape index (κ1) is 13.3. The van der Waals surface area contributed by atoms with Crippen molar-refractivity contribution in [3.8, 4) is 0 Å². The fourth-order valence-corrected chi connectivity index (χ4v) is 2.08. The monoisotopic (exact) mass is 272 g/mol. The lowest BCUT2D eigenvalue weighted by molar-refractivity contribution is -0.0259. The molecule has 2 N–H and O–H groups in total. The quantitative estimate of drug-likeness (QED) is 0.841. The number of likely N-dealkylation sites (N-methyl/N-ethyl adjacent to an activating group) is 1. The molecule has 0 amide bonds. The van der Waals surface area contributed by atoms with Crippen LogP contribution in [0.2, 0.25) is 5.02 Å². The van der Waals surface area contributed by atoms with Crippen LogP contribution in [0.15, 0.2) is 11.0 Å². The third-order valence-electron chi connectivity index (χ3n) is 3.03. The molecule has 2 heterocycles. The highest BCUT2D eigenvalue weighted by atomic mass is 35.5. The van der Waals surface area contributed by atoms with Gasteiger partial charge in [0.2, 0.25) is 0 Å². The van der Waals surface area contributed by atoms with E-state index in [0.29, 0.717) is 12.3 Å². The molecular weight excluding hydrogens is 256 g/mol. The topological polar surface area (TPSA) is 70.2 Å². The van der Waals surface area contributed by atoms with Gasteiger partial charge in [0.05, 0.1) is 30.6 Å². The highest BCUT2D eigenvalue weighted by molar-refractivity contribution is 6.32. The Morgan fingerprint density at radius 3 is 3.22 bits per heavy atom. The van der Waals surface area contributed by atoms with Gasteiger partial charge < -0.3 is 15.0 Å². The molecule has 100 valence electrons. The highest BCUT2D eigenvalue weighted by Crippen LogP contribution is 2.18. The molecule has 2 unspecified atom stereocenters. The van der Waals surface area contributed by atoms with Crippen LogP contribution in [0.1, 0.15) is 6.92 Å². The fourth-order valence-electron chi connectivity index (χ4n) is 1.94. The Kier molecular flexibility index (Phi) is 4.21. The van der Waals surface area contributed by atoms with E-state index in [1.165, 1.54) is 6.20 Å². The van der Waals surface area contributed by atoms with Crippen molar-refractivity contribution in [1.82, 2.24) is 15.1 Å². The van der Waals surface area contributed by atoms with Crippen LogP contribution in [0.3, 0.4) is 0 Å². The average molecular weight is 273 g/mol. The smallest absolute Gasteiger partial charge is 0.285 e. The van der Waals surface area contributed by atoms with Gasteiger partial charge in [0.15, 0.2) is 0 Å². The molecule has 1 aliphatic rings. The number of aromatic nitrogens is 2. The van der Waals surface area contributed by atoms with Gasteiger partial charge in [-0.2, -0.15) is 5.10 Å². The molecule has 1 aromatic heterocycles. The third kappa shape index (κ3) is 3.01. The number of rotatable bonds is 3. The molecular formula is C11H17ClN4O2. The molecule has 7 heteroatoms. The molecule has 1 fully saturated rings. The van der Waals surface area contributed by atoms with Crippen molar-refractivity contribution in [2.45, 2.75) is 19.1 Å². The van der Waals surface area contributed by atoms with Crippen LogP contribution in [0, 0.1) is 0 Å². The predicted molar refractivity (Wildman–Crippen MR) is 70.2 cm³/mol. The zero-order chi connectivity index (χ0) is 13.1. The minimum absolute atomic E-state index is 0.0499. The molecule has 0 aromatic carbocycles. The summed E-state index contributed by atoms with van der Waals surface area (Å²) >= 11 is 5.91. The SMILES string of the molecule is CC(Nc1cn[nH]c(=O)c1Cl)C1CN(C)CCO1. The van der Waals surface area contributed by atoms with Crippen molar-refractivity contribution in [2.75, 3.05) is 32.1 Å². The number of ether oxygens (including phenoxy) is 1. The minimum atomic E-state index is -0.393. The molecule has 1 aromatic rings. The van der Waals surface area contributed by atoms with Gasteiger partial charge in [-0.1, -0.05) is 11.6 Å². The van der Waals surface area contributed by atoms with Gasteiger partial charge in [0.25, 0.3) is 5.56 Å². The number of hydrogen-bond donors (Lipinski definition) is 2. The number of morpholine rings is 1. The van der Waals surface area contributed by atoms with Crippen molar-refractivity contribution in [3.63, 3.8) is 0 Å². The van der Waals surface area contributed by atoms with E-state index in [0.717, 1.165) is 13.1 Å². The average Bonchev–Trinajstić information content (AvgIpc) is 2.35. The van der Waals surface area contributed by atoms with Crippen molar-refractivity contribution < 1.29 is 4.74 Å². The zero-order valence-electron chi connectivity index (χ0n) is 10.4. The van der Waals surface area contributed by atoms with E-state index in [1.807, 2.05) is 6.92 Å². The molecule has 0 saturated carbocycles. The first-order valence-corrected chi connectivity index (χ1v) is 6.25. The highest BCUT2D eigenvalue weighted by Gasteiger charge is 2.24. The number of halogens is 1. The van der Waals surface area contributed by atoms with Crippen LogP contribution < -0.4 is 10.9 Å². The number of aromatic amines is 1. The molecule has 2 rings (SSSR count).